The Balaban J connectivity index is 1.32. The fourth-order valence-electron chi connectivity index (χ4n) is 2.69. The van der Waals surface area contributed by atoms with Crippen LogP contribution in [0, 0.1) is 0 Å². The Hall–Kier alpha value is -3.26. The van der Waals surface area contributed by atoms with Crippen LogP contribution in [0.2, 0.25) is 5.02 Å². The van der Waals surface area contributed by atoms with Gasteiger partial charge in [-0.05, 0) is 29.8 Å². The molecule has 0 radical (unpaired) electrons. The number of nitrogens with zero attached hydrogens (tertiary/aromatic N) is 3. The number of halogens is 1. The highest BCUT2D eigenvalue weighted by atomic mass is 35.5. The lowest BCUT2D eigenvalue weighted by molar-refractivity contribution is 0.174. The van der Waals surface area contributed by atoms with Crippen molar-refractivity contribution in [2.75, 3.05) is 13.8 Å². The van der Waals surface area contributed by atoms with Gasteiger partial charge in [-0.1, -0.05) is 35.0 Å². The van der Waals surface area contributed by atoms with Gasteiger partial charge in [-0.25, -0.2) is 0 Å². The molecule has 8 nitrogen and oxygen atoms in total. The maximum atomic E-state index is 6.00. The van der Waals surface area contributed by atoms with Crippen LogP contribution in [0.3, 0.4) is 0 Å². The van der Waals surface area contributed by atoms with Crippen LogP contribution < -0.4 is 20.1 Å². The molecule has 2 heterocycles. The quantitative estimate of drug-likeness (QED) is 0.503. The predicted molar refractivity (Wildman–Crippen MR) is 104 cm³/mol. The zero-order chi connectivity index (χ0) is 19.3. The molecular weight excluding hydrogens is 382 g/mol. The van der Waals surface area contributed by atoms with Crippen LogP contribution in [-0.4, -0.2) is 29.9 Å². The second-order valence-corrected chi connectivity index (χ2v) is 6.43. The molecule has 1 aliphatic heterocycles. The summed E-state index contributed by atoms with van der Waals surface area (Å²) in [6, 6.07) is 13.1. The first kappa shape index (κ1) is 18.1. The Bertz CT molecular complexity index is 1000. The van der Waals surface area contributed by atoms with Crippen LogP contribution in [0.4, 0.5) is 0 Å². The number of guanidine groups is 1. The third-order valence-corrected chi connectivity index (χ3v) is 4.31. The van der Waals surface area contributed by atoms with Gasteiger partial charge in [-0.2, -0.15) is 4.98 Å². The molecule has 4 rings (SSSR count). The summed E-state index contributed by atoms with van der Waals surface area (Å²) in [4.78, 5) is 8.57. The van der Waals surface area contributed by atoms with E-state index in [2.05, 4.69) is 25.8 Å². The average Bonchev–Trinajstić information content (AvgIpc) is 3.37. The molecule has 0 spiro atoms. The molecule has 3 aromatic rings. The average molecular weight is 400 g/mol. The Labute approximate surface area is 166 Å². The summed E-state index contributed by atoms with van der Waals surface area (Å²) in [5.41, 5.74) is 1.85. The molecule has 0 aliphatic carbocycles. The summed E-state index contributed by atoms with van der Waals surface area (Å²) in [7, 11) is 1.69. The van der Waals surface area contributed by atoms with Crippen molar-refractivity contribution in [1.82, 2.24) is 20.8 Å². The maximum Gasteiger partial charge on any atom is 0.246 e. The molecule has 2 N–H and O–H groups in total. The van der Waals surface area contributed by atoms with Gasteiger partial charge in [0.25, 0.3) is 0 Å². The number of nitrogens with one attached hydrogen (secondary N) is 2. The molecule has 0 fully saturated rings. The van der Waals surface area contributed by atoms with E-state index in [0.29, 0.717) is 35.8 Å². The van der Waals surface area contributed by atoms with Crippen LogP contribution >= 0.6 is 11.6 Å². The first-order valence-corrected chi connectivity index (χ1v) is 9.00. The van der Waals surface area contributed by atoms with Crippen molar-refractivity contribution >= 4 is 17.6 Å². The third-order valence-electron chi connectivity index (χ3n) is 4.08. The lowest BCUT2D eigenvalue weighted by Gasteiger charge is -2.10. The van der Waals surface area contributed by atoms with E-state index >= 15 is 0 Å². The molecule has 144 valence electrons. The first-order chi connectivity index (χ1) is 13.7. The molecular formula is C19H18ClN5O3. The van der Waals surface area contributed by atoms with Crippen LogP contribution in [0.5, 0.6) is 11.5 Å². The summed E-state index contributed by atoms with van der Waals surface area (Å²) >= 11 is 6.00. The third kappa shape index (κ3) is 4.17. The Kier molecular flexibility index (Phi) is 5.29. The normalized spacial score (nSPS) is 12.9. The monoisotopic (exact) mass is 399 g/mol. The number of fused-ring (bicyclic) bond motifs is 1. The van der Waals surface area contributed by atoms with E-state index in [-0.39, 0.29) is 6.79 Å². The van der Waals surface area contributed by atoms with E-state index in [1.807, 2.05) is 30.3 Å². The summed E-state index contributed by atoms with van der Waals surface area (Å²) in [6.45, 7) is 1.18. The van der Waals surface area contributed by atoms with Gasteiger partial charge in [0.2, 0.25) is 18.5 Å². The zero-order valence-corrected chi connectivity index (χ0v) is 15.9. The number of hydrogen-bond acceptors (Lipinski definition) is 6. The Morgan fingerprint density at radius 1 is 1.11 bits per heavy atom. The van der Waals surface area contributed by atoms with Gasteiger partial charge in [-0.15, -0.1) is 0 Å². The Morgan fingerprint density at radius 3 is 2.82 bits per heavy atom. The molecule has 1 aromatic heterocycles. The minimum atomic E-state index is 0.261. The predicted octanol–water partition coefficient (Wildman–Crippen LogP) is 2.98. The van der Waals surface area contributed by atoms with Crippen LogP contribution in [-0.2, 0) is 13.1 Å². The van der Waals surface area contributed by atoms with Gasteiger partial charge >= 0.3 is 0 Å². The highest BCUT2D eigenvalue weighted by Gasteiger charge is 2.13. The molecule has 0 atom stereocenters. The minimum absolute atomic E-state index is 0.261. The number of aromatic nitrogens is 2. The van der Waals surface area contributed by atoms with E-state index in [0.717, 1.165) is 22.6 Å². The van der Waals surface area contributed by atoms with Gasteiger partial charge in [0.15, 0.2) is 17.5 Å². The summed E-state index contributed by atoms with van der Waals surface area (Å²) in [5.74, 6) is 3.06. The summed E-state index contributed by atoms with van der Waals surface area (Å²) in [5, 5.41) is 11.0. The van der Waals surface area contributed by atoms with Crippen molar-refractivity contribution < 1.29 is 14.0 Å². The molecule has 0 amide bonds. The standard InChI is InChI=1S/C19H18ClN5O3/c1-21-19(22-9-12-5-6-15-16(7-12)27-11-26-15)23-10-17-24-18(25-28-17)13-3-2-4-14(20)8-13/h2-8H,9-11H2,1H3,(H2,21,22,23). The topological polar surface area (TPSA) is 93.8 Å². The second-order valence-electron chi connectivity index (χ2n) is 5.99. The van der Waals surface area contributed by atoms with Gasteiger partial charge in [0, 0.05) is 24.2 Å². The SMILES string of the molecule is CN=C(NCc1ccc2c(c1)OCO2)NCc1nc(-c2cccc(Cl)c2)no1. The Morgan fingerprint density at radius 2 is 1.96 bits per heavy atom. The molecule has 0 bridgehead atoms. The van der Waals surface area contributed by atoms with Crippen molar-refractivity contribution in [3.63, 3.8) is 0 Å². The van der Waals surface area contributed by atoms with Gasteiger partial charge < -0.3 is 24.6 Å². The van der Waals surface area contributed by atoms with Crippen LogP contribution in [0.1, 0.15) is 11.5 Å². The number of rotatable bonds is 5. The first-order valence-electron chi connectivity index (χ1n) is 8.63. The van der Waals surface area contributed by atoms with Crippen LogP contribution in [0.15, 0.2) is 52.0 Å². The fraction of sp³-hybridized carbons (Fsp3) is 0.211. The lowest BCUT2D eigenvalue weighted by atomic mass is 10.2. The number of ether oxygens (including phenoxy) is 2. The van der Waals surface area contributed by atoms with E-state index in [1.165, 1.54) is 0 Å². The summed E-state index contributed by atoms with van der Waals surface area (Å²) in [6.07, 6.45) is 0. The molecule has 28 heavy (non-hydrogen) atoms. The van der Waals surface area contributed by atoms with E-state index in [1.54, 1.807) is 19.2 Å². The van der Waals surface area contributed by atoms with Gasteiger partial charge in [0.05, 0.1) is 6.54 Å². The molecule has 9 heteroatoms. The molecule has 0 saturated carbocycles. The molecule has 1 aliphatic rings. The number of hydrogen-bond donors (Lipinski definition) is 2. The van der Waals surface area contributed by atoms with E-state index in [4.69, 9.17) is 25.6 Å². The van der Waals surface area contributed by atoms with E-state index in [9.17, 15) is 0 Å². The number of aliphatic imine (C=N–C) groups is 1. The summed E-state index contributed by atoms with van der Waals surface area (Å²) < 4.78 is 16.0. The highest BCUT2D eigenvalue weighted by Crippen LogP contribution is 2.32. The largest absolute Gasteiger partial charge is 0.454 e. The molecule has 0 unspecified atom stereocenters. The molecule has 2 aromatic carbocycles. The van der Waals surface area contributed by atoms with Crippen molar-refractivity contribution in [3.8, 4) is 22.9 Å². The van der Waals surface area contributed by atoms with Gasteiger partial charge in [-0.3, -0.25) is 4.99 Å². The van der Waals surface area contributed by atoms with Crippen molar-refractivity contribution in [1.29, 1.82) is 0 Å². The van der Waals surface area contributed by atoms with Crippen molar-refractivity contribution in [3.05, 3.63) is 58.9 Å². The number of benzene rings is 2. The highest BCUT2D eigenvalue weighted by molar-refractivity contribution is 6.30. The zero-order valence-electron chi connectivity index (χ0n) is 15.1. The van der Waals surface area contributed by atoms with Crippen LogP contribution in [0.25, 0.3) is 11.4 Å². The van der Waals surface area contributed by atoms with E-state index < -0.39 is 0 Å². The lowest BCUT2D eigenvalue weighted by Crippen LogP contribution is -2.36. The fourth-order valence-corrected chi connectivity index (χ4v) is 2.88. The maximum absolute atomic E-state index is 6.00. The smallest absolute Gasteiger partial charge is 0.246 e. The molecule has 0 saturated heterocycles. The van der Waals surface area contributed by atoms with Crippen molar-refractivity contribution in [2.45, 2.75) is 13.1 Å². The second kappa shape index (κ2) is 8.18. The minimum Gasteiger partial charge on any atom is -0.454 e. The van der Waals surface area contributed by atoms with Crippen molar-refractivity contribution in [2.24, 2.45) is 4.99 Å². The van der Waals surface area contributed by atoms with Gasteiger partial charge in [0.1, 0.15) is 0 Å².